The van der Waals surface area contributed by atoms with Gasteiger partial charge in [0.25, 0.3) is 0 Å². The lowest BCUT2D eigenvalue weighted by atomic mass is 9.92. The van der Waals surface area contributed by atoms with E-state index >= 15 is 0 Å². The van der Waals surface area contributed by atoms with Crippen molar-refractivity contribution in [1.82, 2.24) is 9.97 Å². The highest BCUT2D eigenvalue weighted by molar-refractivity contribution is 6.23. The fourth-order valence-electron chi connectivity index (χ4n) is 7.84. The monoisotopic (exact) mass is 701 g/mol. The van der Waals surface area contributed by atoms with Crippen LogP contribution < -0.4 is 4.90 Å². The van der Waals surface area contributed by atoms with Gasteiger partial charge in [-0.3, -0.25) is 0 Å². The van der Waals surface area contributed by atoms with Crippen molar-refractivity contribution in [2.45, 2.75) is 0 Å². The molecule has 0 atom stereocenters. The number of aromatic nitrogens is 2. The van der Waals surface area contributed by atoms with Crippen LogP contribution in [0.5, 0.6) is 0 Å². The van der Waals surface area contributed by atoms with Gasteiger partial charge in [0.2, 0.25) is 0 Å². The molecule has 3 heteroatoms. The molecule has 0 bridgehead atoms. The van der Waals surface area contributed by atoms with E-state index in [2.05, 4.69) is 211 Å². The van der Waals surface area contributed by atoms with Crippen LogP contribution in [-0.4, -0.2) is 9.97 Å². The number of anilines is 3. The lowest BCUT2D eigenvalue weighted by molar-refractivity contribution is 1.28. The predicted molar refractivity (Wildman–Crippen MR) is 231 cm³/mol. The van der Waals surface area contributed by atoms with E-state index in [1.54, 1.807) is 0 Å². The zero-order valence-corrected chi connectivity index (χ0v) is 30.0. The molecule has 8 aromatic carbocycles. The summed E-state index contributed by atoms with van der Waals surface area (Å²) >= 11 is 0. The summed E-state index contributed by atoms with van der Waals surface area (Å²) in [7, 11) is 0. The number of rotatable bonds is 7. The van der Waals surface area contributed by atoms with Crippen molar-refractivity contribution in [3.63, 3.8) is 0 Å². The number of nitrogens with zero attached hydrogens (tertiary/aromatic N) is 3. The first-order valence-corrected chi connectivity index (χ1v) is 18.7. The van der Waals surface area contributed by atoms with Gasteiger partial charge < -0.3 is 4.90 Å². The highest BCUT2D eigenvalue weighted by Crippen LogP contribution is 2.43. The third-order valence-corrected chi connectivity index (χ3v) is 10.4. The van der Waals surface area contributed by atoms with Crippen LogP contribution in [0.3, 0.4) is 0 Å². The molecular weight excluding hydrogens is 667 g/mol. The van der Waals surface area contributed by atoms with Gasteiger partial charge in [0, 0.05) is 49.9 Å². The van der Waals surface area contributed by atoms with Crippen LogP contribution in [-0.2, 0) is 0 Å². The van der Waals surface area contributed by atoms with Gasteiger partial charge in [-0.2, -0.15) is 0 Å². The Morgan fingerprint density at radius 1 is 0.327 bits per heavy atom. The third-order valence-electron chi connectivity index (χ3n) is 10.4. The molecule has 0 aliphatic rings. The van der Waals surface area contributed by atoms with E-state index in [9.17, 15) is 0 Å². The van der Waals surface area contributed by atoms with E-state index in [0.717, 1.165) is 78.3 Å². The maximum atomic E-state index is 5.60. The van der Waals surface area contributed by atoms with Gasteiger partial charge in [-0.15, -0.1) is 0 Å². The van der Waals surface area contributed by atoms with Crippen molar-refractivity contribution in [2.75, 3.05) is 4.90 Å². The number of pyridine rings is 2. The summed E-state index contributed by atoms with van der Waals surface area (Å²) in [5.41, 5.74) is 12.3. The second kappa shape index (κ2) is 13.9. The van der Waals surface area contributed by atoms with Crippen molar-refractivity contribution in [3.05, 3.63) is 212 Å². The summed E-state index contributed by atoms with van der Waals surface area (Å²) in [6.07, 6.45) is 0. The van der Waals surface area contributed by atoms with Crippen LogP contribution in [0.2, 0.25) is 0 Å². The molecule has 0 aliphatic carbocycles. The molecule has 0 saturated carbocycles. The van der Waals surface area contributed by atoms with Crippen LogP contribution in [0.4, 0.5) is 17.1 Å². The highest BCUT2D eigenvalue weighted by atomic mass is 15.1. The Labute approximate surface area is 320 Å². The quantitative estimate of drug-likeness (QED) is 0.155. The van der Waals surface area contributed by atoms with Crippen molar-refractivity contribution in [1.29, 1.82) is 0 Å². The lowest BCUT2D eigenvalue weighted by Gasteiger charge is -2.26. The van der Waals surface area contributed by atoms with Gasteiger partial charge in [0.1, 0.15) is 0 Å². The molecule has 0 radical (unpaired) electrons. The molecule has 2 aromatic heterocycles. The smallest absolute Gasteiger partial charge is 0.0795 e. The molecule has 3 nitrogen and oxygen atoms in total. The molecule has 10 rings (SSSR count). The van der Waals surface area contributed by atoms with Crippen molar-refractivity contribution >= 4 is 49.5 Å². The Kier molecular flexibility index (Phi) is 8.16. The topological polar surface area (TPSA) is 29.0 Å². The van der Waals surface area contributed by atoms with E-state index in [0.29, 0.717) is 0 Å². The van der Waals surface area contributed by atoms with Crippen LogP contribution in [0.15, 0.2) is 212 Å². The Balaban J connectivity index is 1.24. The van der Waals surface area contributed by atoms with Crippen LogP contribution in [0.1, 0.15) is 0 Å². The molecule has 55 heavy (non-hydrogen) atoms. The van der Waals surface area contributed by atoms with E-state index < -0.39 is 0 Å². The van der Waals surface area contributed by atoms with Crippen molar-refractivity contribution in [2.24, 2.45) is 0 Å². The van der Waals surface area contributed by atoms with E-state index in [1.165, 1.54) is 16.2 Å². The Morgan fingerprint density at radius 2 is 0.891 bits per heavy atom. The summed E-state index contributed by atoms with van der Waals surface area (Å²) in [6.45, 7) is 0. The SMILES string of the molecule is c1ccc(-c2cc(-c3ccccc3)nc(-c3ccccc3-c3nc4cc(N(c5ccccc5)c5ccccc5)ccc4c4c3ccc3ccccc34)c2)cc1. The molecule has 0 saturated heterocycles. The number of hydrogen-bond acceptors (Lipinski definition) is 3. The van der Waals surface area contributed by atoms with Crippen LogP contribution in [0.25, 0.3) is 77.3 Å². The molecule has 258 valence electrons. The largest absolute Gasteiger partial charge is 0.310 e. The summed E-state index contributed by atoms with van der Waals surface area (Å²) in [5, 5.41) is 5.83. The molecule has 0 N–H and O–H groups in total. The first-order valence-electron chi connectivity index (χ1n) is 18.7. The highest BCUT2D eigenvalue weighted by Gasteiger charge is 2.20. The van der Waals surface area contributed by atoms with E-state index in [4.69, 9.17) is 9.97 Å². The fourth-order valence-corrected chi connectivity index (χ4v) is 7.84. The molecular formula is C52H35N3. The summed E-state index contributed by atoms with van der Waals surface area (Å²) in [5.74, 6) is 0. The number of hydrogen-bond donors (Lipinski definition) is 0. The Morgan fingerprint density at radius 3 is 1.60 bits per heavy atom. The second-order valence-corrected chi connectivity index (χ2v) is 13.8. The summed E-state index contributed by atoms with van der Waals surface area (Å²) in [4.78, 5) is 13.2. The van der Waals surface area contributed by atoms with E-state index in [-0.39, 0.29) is 0 Å². The minimum atomic E-state index is 0.903. The number of benzene rings is 8. The van der Waals surface area contributed by atoms with Gasteiger partial charge in [-0.1, -0.05) is 164 Å². The van der Waals surface area contributed by atoms with Gasteiger partial charge in [-0.25, -0.2) is 9.97 Å². The molecule has 10 aromatic rings. The maximum Gasteiger partial charge on any atom is 0.0795 e. The van der Waals surface area contributed by atoms with E-state index in [1.807, 2.05) is 6.07 Å². The predicted octanol–water partition coefficient (Wildman–Crippen LogP) is 14.1. The zero-order valence-electron chi connectivity index (χ0n) is 30.0. The Hall–Kier alpha value is -7.36. The summed E-state index contributed by atoms with van der Waals surface area (Å²) < 4.78 is 0. The number of fused-ring (bicyclic) bond motifs is 5. The lowest BCUT2D eigenvalue weighted by Crippen LogP contribution is -2.09. The van der Waals surface area contributed by atoms with Gasteiger partial charge in [0.15, 0.2) is 0 Å². The normalized spacial score (nSPS) is 11.3. The molecule has 2 heterocycles. The average Bonchev–Trinajstić information content (AvgIpc) is 3.27. The van der Waals surface area contributed by atoms with Gasteiger partial charge in [-0.05, 0) is 70.4 Å². The fraction of sp³-hybridized carbons (Fsp3) is 0. The molecule has 0 spiro atoms. The van der Waals surface area contributed by atoms with Gasteiger partial charge >= 0.3 is 0 Å². The van der Waals surface area contributed by atoms with Crippen LogP contribution in [0, 0.1) is 0 Å². The average molecular weight is 702 g/mol. The maximum absolute atomic E-state index is 5.60. The first kappa shape index (κ1) is 32.3. The van der Waals surface area contributed by atoms with Gasteiger partial charge in [0.05, 0.1) is 22.6 Å². The van der Waals surface area contributed by atoms with Crippen molar-refractivity contribution < 1.29 is 0 Å². The Bertz CT molecular complexity index is 2860. The summed E-state index contributed by atoms with van der Waals surface area (Å²) in [6, 6.07) is 74.9. The minimum absolute atomic E-state index is 0.903. The second-order valence-electron chi connectivity index (χ2n) is 13.8. The minimum Gasteiger partial charge on any atom is -0.310 e. The third kappa shape index (κ3) is 5.98. The molecule has 0 aliphatic heterocycles. The molecule has 0 fully saturated rings. The molecule has 0 amide bonds. The standard InChI is InChI=1S/C52H35N3/c1-5-17-36(18-6-1)39-33-48(38-20-7-2-8-21-38)53-49(34-39)44-27-15-16-28-45(44)52-47-31-29-37-19-13-14-26-43(37)51(47)46-32-30-42(35-50(46)54-52)55(40-22-9-3-10-23-40)41-24-11-4-12-25-41/h1-35H. The molecule has 0 unspecified atom stereocenters. The van der Waals surface area contributed by atoms with Crippen molar-refractivity contribution in [3.8, 4) is 44.9 Å². The first-order chi connectivity index (χ1) is 27.3. The zero-order chi connectivity index (χ0) is 36.6. The number of para-hydroxylation sites is 2. The van der Waals surface area contributed by atoms with Crippen LogP contribution >= 0.6 is 0 Å².